The zero-order valence-corrected chi connectivity index (χ0v) is 15.9. The number of carbonyl (C=O) groups is 2. The third-order valence-corrected chi connectivity index (χ3v) is 4.60. The molecule has 0 aliphatic carbocycles. The predicted molar refractivity (Wildman–Crippen MR) is 105 cm³/mol. The maximum absolute atomic E-state index is 12.4. The first-order valence-corrected chi connectivity index (χ1v) is 8.83. The zero-order valence-electron chi connectivity index (χ0n) is 15.9. The van der Waals surface area contributed by atoms with Gasteiger partial charge in [0.2, 0.25) is 0 Å². The van der Waals surface area contributed by atoms with Gasteiger partial charge in [-0.25, -0.2) is 0 Å². The third-order valence-electron chi connectivity index (χ3n) is 4.60. The molecule has 27 heavy (non-hydrogen) atoms. The van der Waals surface area contributed by atoms with E-state index >= 15 is 0 Å². The summed E-state index contributed by atoms with van der Waals surface area (Å²) in [6.07, 6.45) is -0.773. The summed E-state index contributed by atoms with van der Waals surface area (Å²) in [7, 11) is 1.81. The molecule has 0 aliphatic rings. The molecular weight excluding hydrogens is 342 g/mol. The second-order valence-electron chi connectivity index (χ2n) is 6.65. The highest BCUT2D eigenvalue weighted by molar-refractivity contribution is 5.96. The Morgan fingerprint density at radius 3 is 2.52 bits per heavy atom. The number of aryl methyl sites for hydroxylation is 2. The van der Waals surface area contributed by atoms with E-state index in [1.165, 1.54) is 0 Å². The van der Waals surface area contributed by atoms with E-state index < -0.39 is 12.1 Å². The van der Waals surface area contributed by atoms with Gasteiger partial charge in [-0.15, -0.1) is 0 Å². The highest BCUT2D eigenvalue weighted by Crippen LogP contribution is 2.19. The molecule has 1 amide bonds. The van der Waals surface area contributed by atoms with Crippen LogP contribution in [-0.4, -0.2) is 27.8 Å². The number of anilines is 1. The summed E-state index contributed by atoms with van der Waals surface area (Å²) in [6.45, 7) is 5.25. The maximum atomic E-state index is 12.4. The summed E-state index contributed by atoms with van der Waals surface area (Å²) in [5.74, 6) is -0.811. The summed E-state index contributed by atoms with van der Waals surface area (Å²) in [4.78, 5) is 24.6. The maximum Gasteiger partial charge on any atom is 0.311 e. The number of hydrogen-bond acceptors (Lipinski definition) is 4. The van der Waals surface area contributed by atoms with E-state index in [1.54, 1.807) is 11.6 Å². The molecule has 0 bridgehead atoms. The van der Waals surface area contributed by atoms with Crippen molar-refractivity contribution < 1.29 is 14.3 Å². The number of aromatic nitrogens is 2. The normalized spacial score (nSPS) is 12.0. The predicted octanol–water partition coefficient (Wildman–Crippen LogP) is 3.30. The average Bonchev–Trinajstić information content (AvgIpc) is 2.87. The molecule has 6 heteroatoms. The molecule has 3 aromatic rings. The number of amides is 1. The van der Waals surface area contributed by atoms with E-state index in [9.17, 15) is 9.59 Å². The van der Waals surface area contributed by atoms with Crippen molar-refractivity contribution in [3.8, 4) is 0 Å². The number of benzene rings is 2. The van der Waals surface area contributed by atoms with E-state index in [0.717, 1.165) is 27.7 Å². The van der Waals surface area contributed by atoms with E-state index in [0.29, 0.717) is 5.69 Å². The molecular formula is C21H23N3O3. The lowest BCUT2D eigenvalue weighted by molar-refractivity contribution is -0.152. The van der Waals surface area contributed by atoms with Gasteiger partial charge in [-0.2, -0.15) is 5.10 Å². The molecule has 3 rings (SSSR count). The first kappa shape index (κ1) is 18.6. The molecule has 1 N–H and O–H groups in total. The second-order valence-corrected chi connectivity index (χ2v) is 6.65. The van der Waals surface area contributed by atoms with Crippen LogP contribution in [0.3, 0.4) is 0 Å². The van der Waals surface area contributed by atoms with Crippen LogP contribution >= 0.6 is 0 Å². The Morgan fingerprint density at radius 2 is 1.85 bits per heavy atom. The fraction of sp³-hybridized carbons (Fsp3) is 0.286. The van der Waals surface area contributed by atoms with Crippen molar-refractivity contribution in [3.63, 3.8) is 0 Å². The molecule has 0 fully saturated rings. The molecule has 0 spiro atoms. The minimum absolute atomic E-state index is 0.118. The average molecular weight is 365 g/mol. The van der Waals surface area contributed by atoms with Crippen LogP contribution in [0.15, 0.2) is 42.5 Å². The van der Waals surface area contributed by atoms with Crippen LogP contribution in [-0.2, 0) is 27.8 Å². The number of carbonyl (C=O) groups excluding carboxylic acids is 2. The number of rotatable bonds is 5. The first-order chi connectivity index (χ1) is 12.8. The lowest BCUT2D eigenvalue weighted by Crippen LogP contribution is -2.30. The molecule has 0 aliphatic heterocycles. The van der Waals surface area contributed by atoms with Crippen LogP contribution in [0.1, 0.15) is 23.9 Å². The van der Waals surface area contributed by atoms with Crippen molar-refractivity contribution in [3.05, 3.63) is 59.4 Å². The van der Waals surface area contributed by atoms with Gasteiger partial charge in [0.15, 0.2) is 6.10 Å². The van der Waals surface area contributed by atoms with Crippen molar-refractivity contribution in [2.75, 3.05) is 5.32 Å². The topological polar surface area (TPSA) is 73.2 Å². The van der Waals surface area contributed by atoms with Gasteiger partial charge in [-0.05, 0) is 37.1 Å². The van der Waals surface area contributed by atoms with E-state index in [-0.39, 0.29) is 12.3 Å². The lowest BCUT2D eigenvalue weighted by Gasteiger charge is -2.14. The molecule has 1 atom stereocenters. The summed E-state index contributed by atoms with van der Waals surface area (Å²) in [5, 5.41) is 9.23. The van der Waals surface area contributed by atoms with Crippen LogP contribution < -0.4 is 5.32 Å². The van der Waals surface area contributed by atoms with Gasteiger partial charge in [0, 0.05) is 7.05 Å². The van der Waals surface area contributed by atoms with Gasteiger partial charge in [0.05, 0.1) is 23.5 Å². The monoisotopic (exact) mass is 365 g/mol. The third kappa shape index (κ3) is 4.16. The van der Waals surface area contributed by atoms with Crippen LogP contribution in [0.2, 0.25) is 0 Å². The van der Waals surface area contributed by atoms with Crippen molar-refractivity contribution >= 4 is 28.3 Å². The molecule has 6 nitrogen and oxygen atoms in total. The Balaban J connectivity index is 1.61. The fourth-order valence-electron chi connectivity index (χ4n) is 2.99. The molecule has 0 radical (unpaired) electrons. The Labute approximate surface area is 158 Å². The summed E-state index contributed by atoms with van der Waals surface area (Å²) >= 11 is 0. The SMILES string of the molecule is Cc1nn(C)c(C)c1NC(=O)[C@H](C)OC(=O)Cc1ccc2ccccc2c1. The van der Waals surface area contributed by atoms with Crippen molar-refractivity contribution in [2.45, 2.75) is 33.3 Å². The fourth-order valence-corrected chi connectivity index (χ4v) is 2.99. The number of hydrogen-bond donors (Lipinski definition) is 1. The van der Waals surface area contributed by atoms with E-state index in [1.807, 2.05) is 63.4 Å². The number of fused-ring (bicyclic) bond motifs is 1. The standard InChI is InChI=1S/C21H23N3O3/c1-13-20(14(2)24(4)23-13)22-21(26)15(3)27-19(25)12-16-9-10-17-7-5-6-8-18(17)11-16/h5-11,15H,12H2,1-4H3,(H,22,26)/t15-/m0/s1. The van der Waals surface area contributed by atoms with Crippen LogP contribution in [0.4, 0.5) is 5.69 Å². The molecule has 2 aromatic carbocycles. The van der Waals surface area contributed by atoms with Gasteiger partial charge in [-0.1, -0.05) is 42.5 Å². The number of esters is 1. The van der Waals surface area contributed by atoms with Gasteiger partial charge in [-0.3, -0.25) is 14.3 Å². The minimum atomic E-state index is -0.892. The Morgan fingerprint density at radius 1 is 1.15 bits per heavy atom. The summed E-state index contributed by atoms with van der Waals surface area (Å²) in [5.41, 5.74) is 3.07. The molecule has 0 unspecified atom stereocenters. The highest BCUT2D eigenvalue weighted by Gasteiger charge is 2.21. The number of ether oxygens (including phenoxy) is 1. The van der Waals surface area contributed by atoms with E-state index in [4.69, 9.17) is 4.74 Å². The smallest absolute Gasteiger partial charge is 0.311 e. The summed E-state index contributed by atoms with van der Waals surface area (Å²) < 4.78 is 7.00. The van der Waals surface area contributed by atoms with Crippen LogP contribution in [0.25, 0.3) is 10.8 Å². The van der Waals surface area contributed by atoms with Gasteiger partial charge < -0.3 is 10.1 Å². The minimum Gasteiger partial charge on any atom is -0.452 e. The number of nitrogens with zero attached hydrogens (tertiary/aromatic N) is 2. The van der Waals surface area contributed by atoms with Crippen molar-refractivity contribution in [2.24, 2.45) is 7.05 Å². The van der Waals surface area contributed by atoms with Gasteiger partial charge >= 0.3 is 5.97 Å². The van der Waals surface area contributed by atoms with Gasteiger partial charge in [0.1, 0.15) is 0 Å². The van der Waals surface area contributed by atoms with E-state index in [2.05, 4.69) is 10.4 Å². The van der Waals surface area contributed by atoms with Crippen LogP contribution in [0, 0.1) is 13.8 Å². The molecule has 1 aromatic heterocycles. The van der Waals surface area contributed by atoms with Crippen LogP contribution in [0.5, 0.6) is 0 Å². The zero-order chi connectivity index (χ0) is 19.6. The Hall–Kier alpha value is -3.15. The second kappa shape index (κ2) is 7.61. The lowest BCUT2D eigenvalue weighted by atomic mass is 10.1. The largest absolute Gasteiger partial charge is 0.452 e. The highest BCUT2D eigenvalue weighted by atomic mass is 16.5. The quantitative estimate of drug-likeness (QED) is 0.704. The first-order valence-electron chi connectivity index (χ1n) is 8.83. The Bertz CT molecular complexity index is 1010. The van der Waals surface area contributed by atoms with Gasteiger partial charge in [0.25, 0.3) is 5.91 Å². The molecule has 0 saturated heterocycles. The van der Waals surface area contributed by atoms with Crippen molar-refractivity contribution in [1.29, 1.82) is 0 Å². The molecule has 140 valence electrons. The van der Waals surface area contributed by atoms with Crippen molar-refractivity contribution in [1.82, 2.24) is 9.78 Å². The Kier molecular flexibility index (Phi) is 5.26. The number of nitrogens with one attached hydrogen (secondary N) is 1. The summed E-state index contributed by atoms with van der Waals surface area (Å²) in [6, 6.07) is 13.8. The molecule has 0 saturated carbocycles. The molecule has 1 heterocycles.